The first-order chi connectivity index (χ1) is 13.2. The number of carbonyl (C=O) groups excluding carboxylic acids is 1. The summed E-state index contributed by atoms with van der Waals surface area (Å²) >= 11 is 0. The van der Waals surface area contributed by atoms with Crippen molar-refractivity contribution in [1.82, 2.24) is 4.90 Å². The van der Waals surface area contributed by atoms with Crippen molar-refractivity contribution in [2.24, 2.45) is 17.4 Å². The van der Waals surface area contributed by atoms with E-state index in [0.29, 0.717) is 24.8 Å². The molecule has 1 aliphatic heterocycles. The molecule has 4 unspecified atom stereocenters. The van der Waals surface area contributed by atoms with Crippen LogP contribution in [-0.4, -0.2) is 51.8 Å². The Kier molecular flexibility index (Phi) is 4.72. The van der Waals surface area contributed by atoms with Gasteiger partial charge < -0.3 is 21.7 Å². The molecule has 6 nitrogen and oxygen atoms in total. The van der Waals surface area contributed by atoms with Crippen LogP contribution in [0, 0.1) is 12.8 Å². The molecule has 1 aromatic rings. The van der Waals surface area contributed by atoms with Gasteiger partial charge in [-0.25, -0.2) is 0 Å². The third kappa shape index (κ3) is 2.85. The maximum absolute atomic E-state index is 12.1. The van der Waals surface area contributed by atoms with E-state index in [2.05, 4.69) is 11.8 Å². The third-order valence-electron chi connectivity index (χ3n) is 7.72. The number of carbonyl (C=O) groups is 1. The van der Waals surface area contributed by atoms with Crippen LogP contribution in [0.25, 0.3) is 0 Å². The van der Waals surface area contributed by atoms with E-state index in [1.54, 1.807) is 6.07 Å². The average molecular weight is 388 g/mol. The molecule has 0 radical (unpaired) electrons. The number of amides is 1. The fourth-order valence-electron chi connectivity index (χ4n) is 5.95. The van der Waals surface area contributed by atoms with Crippen LogP contribution in [0.4, 0.5) is 0 Å². The van der Waals surface area contributed by atoms with E-state index < -0.39 is 16.9 Å². The zero-order valence-corrected chi connectivity index (χ0v) is 16.9. The number of phenols is 1. The first kappa shape index (κ1) is 19.7. The smallest absolute Gasteiger partial charge is 0.252 e. The summed E-state index contributed by atoms with van der Waals surface area (Å²) in [5, 5.41) is 23.2. The highest BCUT2D eigenvalue weighted by atomic mass is 16.3. The molecular formula is C22H33N3O3. The summed E-state index contributed by atoms with van der Waals surface area (Å²) in [5.41, 5.74) is 11.9. The monoisotopic (exact) mass is 387 g/mol. The van der Waals surface area contributed by atoms with E-state index >= 15 is 0 Å². The van der Waals surface area contributed by atoms with Gasteiger partial charge >= 0.3 is 0 Å². The van der Waals surface area contributed by atoms with Gasteiger partial charge in [0.1, 0.15) is 5.75 Å². The van der Waals surface area contributed by atoms with Crippen molar-refractivity contribution in [3.05, 3.63) is 28.8 Å². The predicted octanol–water partition coefficient (Wildman–Crippen LogP) is 1.78. The Labute approximate surface area is 166 Å². The molecule has 154 valence electrons. The molecule has 0 bridgehead atoms. The maximum Gasteiger partial charge on any atom is 0.252 e. The summed E-state index contributed by atoms with van der Waals surface area (Å²) < 4.78 is 0. The van der Waals surface area contributed by atoms with Crippen molar-refractivity contribution in [2.75, 3.05) is 13.1 Å². The second kappa shape index (κ2) is 6.71. The van der Waals surface area contributed by atoms with Gasteiger partial charge in [0, 0.05) is 29.6 Å². The summed E-state index contributed by atoms with van der Waals surface area (Å²) in [6, 6.07) is 3.32. The summed E-state index contributed by atoms with van der Waals surface area (Å²) in [5.74, 6) is 0.0126. The number of nitrogens with two attached hydrogens (primary N) is 2. The normalized spacial score (nSPS) is 36.1. The fraction of sp³-hybridized carbons (Fsp3) is 0.682. The molecule has 0 spiro atoms. The van der Waals surface area contributed by atoms with Crippen LogP contribution in [-0.2, 0) is 5.41 Å². The summed E-state index contributed by atoms with van der Waals surface area (Å²) in [7, 11) is 0. The van der Waals surface area contributed by atoms with E-state index in [4.69, 9.17) is 11.5 Å². The zero-order valence-electron chi connectivity index (χ0n) is 16.9. The van der Waals surface area contributed by atoms with Crippen molar-refractivity contribution in [1.29, 1.82) is 0 Å². The predicted molar refractivity (Wildman–Crippen MR) is 108 cm³/mol. The molecule has 4 atom stereocenters. The maximum atomic E-state index is 12.1. The van der Waals surface area contributed by atoms with Crippen molar-refractivity contribution in [2.45, 2.75) is 75.5 Å². The summed E-state index contributed by atoms with van der Waals surface area (Å²) in [6.45, 7) is 5.91. The minimum absolute atomic E-state index is 0.0367. The Morgan fingerprint density at radius 1 is 1.29 bits per heavy atom. The molecule has 2 aliphatic carbocycles. The van der Waals surface area contributed by atoms with Crippen LogP contribution in [0.1, 0.15) is 66.9 Å². The molecule has 28 heavy (non-hydrogen) atoms. The largest absolute Gasteiger partial charge is 0.507 e. The SMILES string of the molecule is Cc1ccc(C(N)=O)c(O)c1C12CCN(CC3CC3)C(C)C1(O)CCC(N)C2. The second-order valence-electron chi connectivity index (χ2n) is 9.39. The minimum atomic E-state index is -1.01. The number of primary amides is 1. The van der Waals surface area contributed by atoms with Gasteiger partial charge in [-0.3, -0.25) is 9.69 Å². The molecular weight excluding hydrogens is 354 g/mol. The number of hydrogen-bond donors (Lipinski definition) is 4. The zero-order chi connectivity index (χ0) is 20.3. The van der Waals surface area contributed by atoms with Gasteiger partial charge in [0.15, 0.2) is 0 Å². The highest BCUT2D eigenvalue weighted by Gasteiger charge is 2.61. The standard InChI is InChI=1S/C22H33N3O3/c1-13-3-6-17(20(24)27)19(26)18(13)21-9-10-25(12-15-4-5-15)14(2)22(21,28)8-7-16(23)11-21/h3,6,14-16,26,28H,4-5,7-12,23H2,1-2H3,(H2,24,27). The Balaban J connectivity index is 1.84. The molecule has 3 aliphatic rings. The van der Waals surface area contributed by atoms with Gasteiger partial charge in [0.05, 0.1) is 11.2 Å². The number of rotatable bonds is 4. The number of nitrogens with zero attached hydrogens (tertiary/aromatic N) is 1. The van der Waals surface area contributed by atoms with E-state index in [0.717, 1.165) is 31.0 Å². The molecule has 1 heterocycles. The Hall–Kier alpha value is -1.63. The summed E-state index contributed by atoms with van der Waals surface area (Å²) in [4.78, 5) is 14.3. The van der Waals surface area contributed by atoms with Crippen LogP contribution in [0.3, 0.4) is 0 Å². The number of piperidine rings is 1. The number of likely N-dealkylation sites (tertiary alicyclic amines) is 1. The first-order valence-corrected chi connectivity index (χ1v) is 10.5. The average Bonchev–Trinajstić information content (AvgIpc) is 3.44. The lowest BCUT2D eigenvalue weighted by atomic mass is 9.52. The number of benzene rings is 1. The van der Waals surface area contributed by atoms with E-state index in [9.17, 15) is 15.0 Å². The lowest BCUT2D eigenvalue weighted by molar-refractivity contribution is -0.157. The minimum Gasteiger partial charge on any atom is -0.507 e. The third-order valence-corrected chi connectivity index (χ3v) is 7.72. The Bertz CT molecular complexity index is 793. The van der Waals surface area contributed by atoms with Crippen LogP contribution in [0.2, 0.25) is 0 Å². The molecule has 1 saturated heterocycles. The van der Waals surface area contributed by atoms with Crippen molar-refractivity contribution >= 4 is 5.91 Å². The molecule has 1 aromatic carbocycles. The lowest BCUT2D eigenvalue weighted by Crippen LogP contribution is -2.71. The van der Waals surface area contributed by atoms with Crippen LogP contribution in [0.5, 0.6) is 5.75 Å². The number of aryl methyl sites for hydroxylation is 1. The molecule has 6 N–H and O–H groups in total. The van der Waals surface area contributed by atoms with Crippen LogP contribution in [0.15, 0.2) is 12.1 Å². The number of aliphatic hydroxyl groups is 1. The molecule has 2 saturated carbocycles. The van der Waals surface area contributed by atoms with Gasteiger partial charge in [-0.1, -0.05) is 6.07 Å². The fourth-order valence-corrected chi connectivity index (χ4v) is 5.95. The molecule has 4 rings (SSSR count). The van der Waals surface area contributed by atoms with Gasteiger partial charge in [0.25, 0.3) is 5.91 Å². The highest BCUT2D eigenvalue weighted by molar-refractivity contribution is 5.96. The van der Waals surface area contributed by atoms with Crippen molar-refractivity contribution in [3.8, 4) is 5.75 Å². The van der Waals surface area contributed by atoms with Gasteiger partial charge in [0.2, 0.25) is 0 Å². The molecule has 6 heteroatoms. The highest BCUT2D eigenvalue weighted by Crippen LogP contribution is 2.57. The number of aromatic hydroxyl groups is 1. The number of hydrogen-bond acceptors (Lipinski definition) is 5. The van der Waals surface area contributed by atoms with Crippen molar-refractivity contribution < 1.29 is 15.0 Å². The first-order valence-electron chi connectivity index (χ1n) is 10.5. The summed E-state index contributed by atoms with van der Waals surface area (Å²) in [6.07, 6.45) is 5.22. The topological polar surface area (TPSA) is 113 Å². The second-order valence-corrected chi connectivity index (χ2v) is 9.39. The lowest BCUT2D eigenvalue weighted by Gasteiger charge is -2.61. The van der Waals surface area contributed by atoms with Gasteiger partial charge in [-0.05, 0) is 76.5 Å². The van der Waals surface area contributed by atoms with Gasteiger partial charge in [-0.15, -0.1) is 0 Å². The van der Waals surface area contributed by atoms with E-state index in [1.807, 2.05) is 13.0 Å². The Morgan fingerprint density at radius 2 is 2.00 bits per heavy atom. The Morgan fingerprint density at radius 3 is 2.64 bits per heavy atom. The van der Waals surface area contributed by atoms with E-state index in [1.165, 1.54) is 12.8 Å². The number of fused-ring (bicyclic) bond motifs is 1. The van der Waals surface area contributed by atoms with Gasteiger partial charge in [-0.2, -0.15) is 0 Å². The van der Waals surface area contributed by atoms with E-state index in [-0.39, 0.29) is 23.4 Å². The van der Waals surface area contributed by atoms with Crippen LogP contribution < -0.4 is 11.5 Å². The quantitative estimate of drug-likeness (QED) is 0.629. The molecule has 0 aromatic heterocycles. The molecule has 3 fully saturated rings. The molecule has 1 amide bonds. The van der Waals surface area contributed by atoms with Crippen molar-refractivity contribution in [3.63, 3.8) is 0 Å². The van der Waals surface area contributed by atoms with Crippen LogP contribution >= 0.6 is 0 Å².